The quantitative estimate of drug-likeness (QED) is 0.710. The molecule has 0 bridgehead atoms. The molecule has 2 rings (SSSR count). The Hall–Kier alpha value is -1.59. The minimum Gasteiger partial charge on any atom is -0.393 e. The fourth-order valence-electron chi connectivity index (χ4n) is 3.58. The van der Waals surface area contributed by atoms with Crippen molar-refractivity contribution >= 4 is 6.03 Å². The van der Waals surface area contributed by atoms with Gasteiger partial charge in [-0.2, -0.15) is 0 Å². The van der Waals surface area contributed by atoms with Crippen molar-refractivity contribution in [1.82, 2.24) is 15.5 Å². The van der Waals surface area contributed by atoms with E-state index in [2.05, 4.69) is 46.7 Å². The van der Waals surface area contributed by atoms with E-state index in [0.29, 0.717) is 18.9 Å². The van der Waals surface area contributed by atoms with E-state index in [1.54, 1.807) is 6.92 Å². The molecule has 1 heterocycles. The van der Waals surface area contributed by atoms with Crippen LogP contribution in [0.15, 0.2) is 30.3 Å². The van der Waals surface area contributed by atoms with Crippen LogP contribution in [0.1, 0.15) is 39.2 Å². The second-order valence-electron chi connectivity index (χ2n) is 7.64. The van der Waals surface area contributed by atoms with Crippen LogP contribution >= 0.6 is 0 Å². The Labute approximate surface area is 151 Å². The molecule has 1 aromatic carbocycles. The summed E-state index contributed by atoms with van der Waals surface area (Å²) >= 11 is 0. The first-order valence-corrected chi connectivity index (χ1v) is 9.42. The van der Waals surface area contributed by atoms with Crippen molar-refractivity contribution in [3.63, 3.8) is 0 Å². The lowest BCUT2D eigenvalue weighted by atomic mass is 9.93. The summed E-state index contributed by atoms with van der Waals surface area (Å²) in [5.41, 5.74) is 1.34. The molecular weight excluding hydrogens is 314 g/mol. The molecule has 4 unspecified atom stereocenters. The van der Waals surface area contributed by atoms with E-state index in [1.165, 1.54) is 5.56 Å². The molecule has 2 amide bonds. The normalized spacial score (nSPS) is 23.7. The fraction of sp³-hybridized carbons (Fsp3) is 0.650. The summed E-state index contributed by atoms with van der Waals surface area (Å²) in [5, 5.41) is 15.4. The summed E-state index contributed by atoms with van der Waals surface area (Å²) in [6.07, 6.45) is 1.35. The van der Waals surface area contributed by atoms with Crippen molar-refractivity contribution in [3.05, 3.63) is 35.9 Å². The maximum absolute atomic E-state index is 12.1. The van der Waals surface area contributed by atoms with Gasteiger partial charge in [-0.05, 0) is 37.2 Å². The lowest BCUT2D eigenvalue weighted by Gasteiger charge is -2.37. The van der Waals surface area contributed by atoms with Crippen molar-refractivity contribution in [2.24, 2.45) is 11.8 Å². The number of benzene rings is 1. The molecule has 1 fully saturated rings. The molecule has 5 heteroatoms. The summed E-state index contributed by atoms with van der Waals surface area (Å²) < 4.78 is 0. The summed E-state index contributed by atoms with van der Waals surface area (Å²) in [6.45, 7) is 9.59. The number of carbonyl (C=O) groups excluding carboxylic acids is 1. The number of nitrogens with zero attached hydrogens (tertiary/aromatic N) is 1. The molecule has 0 radical (unpaired) electrons. The van der Waals surface area contributed by atoms with E-state index in [0.717, 1.165) is 26.1 Å². The molecule has 3 N–H and O–H groups in total. The van der Waals surface area contributed by atoms with Gasteiger partial charge in [-0.25, -0.2) is 4.79 Å². The van der Waals surface area contributed by atoms with Crippen molar-refractivity contribution in [3.8, 4) is 0 Å². The van der Waals surface area contributed by atoms with Gasteiger partial charge in [0.25, 0.3) is 0 Å². The number of nitrogens with one attached hydrogen (secondary N) is 2. The fourth-order valence-corrected chi connectivity index (χ4v) is 3.58. The molecule has 1 aromatic rings. The molecule has 1 aliphatic heterocycles. The second-order valence-corrected chi connectivity index (χ2v) is 7.64. The van der Waals surface area contributed by atoms with Crippen LogP contribution in [0.2, 0.25) is 0 Å². The average molecular weight is 348 g/mol. The van der Waals surface area contributed by atoms with Gasteiger partial charge < -0.3 is 15.7 Å². The van der Waals surface area contributed by atoms with Crippen molar-refractivity contribution in [2.45, 2.75) is 52.3 Å². The zero-order valence-corrected chi connectivity index (χ0v) is 15.7. The molecule has 1 saturated heterocycles. The number of carbonyl (C=O) groups is 1. The predicted octanol–water partition coefficient (Wildman–Crippen LogP) is 2.60. The van der Waals surface area contributed by atoms with Crippen LogP contribution in [0, 0.1) is 11.8 Å². The second kappa shape index (κ2) is 9.78. The Balaban J connectivity index is 1.71. The van der Waals surface area contributed by atoms with Crippen molar-refractivity contribution < 1.29 is 9.90 Å². The number of aliphatic hydroxyl groups is 1. The van der Waals surface area contributed by atoms with Crippen LogP contribution in [-0.4, -0.2) is 47.8 Å². The Morgan fingerprint density at radius 3 is 2.68 bits per heavy atom. The first-order chi connectivity index (χ1) is 11.9. The molecule has 1 aliphatic rings. The van der Waals surface area contributed by atoms with Crippen LogP contribution in [-0.2, 0) is 6.54 Å². The smallest absolute Gasteiger partial charge is 0.315 e. The molecule has 0 saturated carbocycles. The zero-order chi connectivity index (χ0) is 18.2. The third kappa shape index (κ3) is 7.04. The van der Waals surface area contributed by atoms with E-state index in [-0.39, 0.29) is 24.1 Å². The van der Waals surface area contributed by atoms with Gasteiger partial charge in [0.15, 0.2) is 0 Å². The third-order valence-corrected chi connectivity index (χ3v) is 4.91. The van der Waals surface area contributed by atoms with E-state index < -0.39 is 0 Å². The Morgan fingerprint density at radius 2 is 2.04 bits per heavy atom. The third-order valence-electron chi connectivity index (χ3n) is 4.91. The van der Waals surface area contributed by atoms with Gasteiger partial charge >= 0.3 is 6.03 Å². The summed E-state index contributed by atoms with van der Waals surface area (Å²) in [7, 11) is 0. The lowest BCUT2D eigenvalue weighted by molar-refractivity contribution is 0.141. The highest BCUT2D eigenvalue weighted by Crippen LogP contribution is 2.19. The molecule has 0 aromatic heterocycles. The number of urea groups is 1. The van der Waals surface area contributed by atoms with Gasteiger partial charge in [-0.15, -0.1) is 0 Å². The van der Waals surface area contributed by atoms with Crippen molar-refractivity contribution in [1.29, 1.82) is 0 Å². The number of hydrogen-bond acceptors (Lipinski definition) is 3. The van der Waals surface area contributed by atoms with E-state index in [9.17, 15) is 9.90 Å². The molecule has 25 heavy (non-hydrogen) atoms. The predicted molar refractivity (Wildman–Crippen MR) is 101 cm³/mol. The number of rotatable bonds is 7. The Kier molecular flexibility index (Phi) is 7.72. The average Bonchev–Trinajstić information content (AvgIpc) is 2.56. The number of aliphatic hydroxyl groups excluding tert-OH is 1. The largest absolute Gasteiger partial charge is 0.393 e. The Bertz CT molecular complexity index is 521. The monoisotopic (exact) mass is 347 g/mol. The first kappa shape index (κ1) is 19.7. The summed E-state index contributed by atoms with van der Waals surface area (Å²) in [4.78, 5) is 14.6. The van der Waals surface area contributed by atoms with Crippen molar-refractivity contribution in [2.75, 3.05) is 19.6 Å². The van der Waals surface area contributed by atoms with E-state index in [1.807, 2.05) is 13.0 Å². The maximum Gasteiger partial charge on any atom is 0.315 e. The van der Waals surface area contributed by atoms with Crippen LogP contribution in [0.25, 0.3) is 0 Å². The first-order valence-electron chi connectivity index (χ1n) is 9.42. The molecular formula is C20H33N3O2. The lowest BCUT2D eigenvalue weighted by Crippen LogP contribution is -2.52. The van der Waals surface area contributed by atoms with Gasteiger partial charge in [-0.1, -0.05) is 44.2 Å². The molecule has 0 spiro atoms. The number of piperidine rings is 1. The van der Waals surface area contributed by atoms with Gasteiger partial charge in [0.2, 0.25) is 0 Å². The number of likely N-dealkylation sites (tertiary alicyclic amines) is 1. The highest BCUT2D eigenvalue weighted by Gasteiger charge is 2.27. The molecule has 0 aliphatic carbocycles. The van der Waals surface area contributed by atoms with Gasteiger partial charge in [-0.3, -0.25) is 4.90 Å². The molecule has 140 valence electrons. The summed E-state index contributed by atoms with van der Waals surface area (Å²) in [6, 6.07) is 10.7. The molecule has 5 nitrogen and oxygen atoms in total. The SMILES string of the molecule is CC(O)CC(C)CNC(=O)NC1CCN(Cc2ccccc2)CC1C. The van der Waals surface area contributed by atoms with Gasteiger partial charge in [0.1, 0.15) is 0 Å². The highest BCUT2D eigenvalue weighted by atomic mass is 16.3. The van der Waals surface area contributed by atoms with Crippen LogP contribution in [0.4, 0.5) is 4.79 Å². The van der Waals surface area contributed by atoms with Crippen LogP contribution in [0.5, 0.6) is 0 Å². The van der Waals surface area contributed by atoms with Gasteiger partial charge in [0, 0.05) is 32.2 Å². The van der Waals surface area contributed by atoms with Crippen LogP contribution < -0.4 is 10.6 Å². The molecule has 4 atom stereocenters. The minimum atomic E-state index is -0.325. The summed E-state index contributed by atoms with van der Waals surface area (Å²) in [5.74, 6) is 0.703. The Morgan fingerprint density at radius 1 is 1.32 bits per heavy atom. The van der Waals surface area contributed by atoms with E-state index >= 15 is 0 Å². The zero-order valence-electron chi connectivity index (χ0n) is 15.7. The number of amides is 2. The topological polar surface area (TPSA) is 64.6 Å². The number of hydrogen-bond donors (Lipinski definition) is 3. The standard InChI is InChI=1S/C20H33N3O2/c1-15(11-17(3)24)12-21-20(25)22-19-9-10-23(13-16(19)2)14-18-7-5-4-6-8-18/h4-8,15-17,19,24H,9-14H2,1-3H3,(H2,21,22,25). The van der Waals surface area contributed by atoms with E-state index in [4.69, 9.17) is 0 Å². The minimum absolute atomic E-state index is 0.0918. The maximum atomic E-state index is 12.1. The van der Waals surface area contributed by atoms with Gasteiger partial charge in [0.05, 0.1) is 6.10 Å². The highest BCUT2D eigenvalue weighted by molar-refractivity contribution is 5.74. The van der Waals surface area contributed by atoms with Crippen LogP contribution in [0.3, 0.4) is 0 Å².